The molecule has 0 radical (unpaired) electrons. The Morgan fingerprint density at radius 1 is 1.04 bits per heavy atom. The van der Waals surface area contributed by atoms with Gasteiger partial charge in [-0.25, -0.2) is 0 Å². The average molecular weight is 394 g/mol. The van der Waals surface area contributed by atoms with Crippen LogP contribution in [0.3, 0.4) is 0 Å². The first-order valence-electron chi connectivity index (χ1n) is 8.35. The van der Waals surface area contributed by atoms with Gasteiger partial charge < -0.3 is 9.47 Å². The Hall–Kier alpha value is -3.47. The van der Waals surface area contributed by atoms with E-state index in [-0.39, 0.29) is 12.5 Å². The van der Waals surface area contributed by atoms with Crippen molar-refractivity contribution in [3.05, 3.63) is 93.3 Å². The first kappa shape index (κ1) is 19.3. The molecule has 140 valence electrons. The number of hydrogen-bond donors (Lipinski definition) is 0. The second kappa shape index (κ2) is 8.95. The Balaban J connectivity index is 1.91. The predicted octanol–water partition coefficient (Wildman–Crippen LogP) is 5.89. The van der Waals surface area contributed by atoms with Crippen molar-refractivity contribution >= 4 is 17.4 Å². The van der Waals surface area contributed by atoms with Gasteiger partial charge in [-0.1, -0.05) is 59.2 Å². The maximum absolute atomic E-state index is 12.6. The van der Waals surface area contributed by atoms with Gasteiger partial charge in [-0.2, -0.15) is 0 Å². The largest absolute Gasteiger partial charge is 0.496 e. The molecule has 0 unspecified atom stereocenters. The first-order chi connectivity index (χ1) is 13.6. The van der Waals surface area contributed by atoms with E-state index >= 15 is 0 Å². The molecule has 0 aliphatic carbocycles. The second-order valence-electron chi connectivity index (χ2n) is 5.76. The number of carbonyl (C=O) groups excluding carboxylic acids is 1. The molecule has 0 aliphatic heterocycles. The highest BCUT2D eigenvalue weighted by molar-refractivity contribution is 6.34. The van der Waals surface area contributed by atoms with Crippen LogP contribution in [-0.4, -0.2) is 19.6 Å². The lowest BCUT2D eigenvalue weighted by molar-refractivity contribution is 0.103. The van der Waals surface area contributed by atoms with E-state index in [1.807, 2.05) is 18.2 Å². The van der Waals surface area contributed by atoms with Crippen molar-refractivity contribution in [2.45, 2.75) is 0 Å². The van der Waals surface area contributed by atoms with Crippen LogP contribution in [0.5, 0.6) is 11.5 Å². The average Bonchev–Trinajstić information content (AvgIpc) is 2.74. The molecule has 0 atom stereocenters. The maximum Gasteiger partial charge on any atom is 0.193 e. The molecular weight excluding hydrogens is 378 g/mol. The van der Waals surface area contributed by atoms with Gasteiger partial charge in [0.15, 0.2) is 12.5 Å². The summed E-state index contributed by atoms with van der Waals surface area (Å²) < 4.78 is 10.8. The molecule has 0 amide bonds. The van der Waals surface area contributed by atoms with Crippen molar-refractivity contribution in [3.63, 3.8) is 0 Å². The molecule has 6 nitrogen and oxygen atoms in total. The number of ether oxygens (including phenoxy) is 2. The molecule has 0 aliphatic rings. The molecule has 0 fully saturated rings. The van der Waals surface area contributed by atoms with Crippen LogP contribution in [0.15, 0.2) is 71.8 Å². The minimum absolute atomic E-state index is 0.0946. The number of halogens is 1. The number of methoxy groups -OCH3 is 1. The van der Waals surface area contributed by atoms with Gasteiger partial charge in [-0.3, -0.25) is 4.79 Å². The zero-order chi connectivity index (χ0) is 19.9. The van der Waals surface area contributed by atoms with Crippen LogP contribution in [0.4, 0.5) is 0 Å². The highest BCUT2D eigenvalue weighted by atomic mass is 35.5. The summed E-state index contributed by atoms with van der Waals surface area (Å²) in [5.41, 5.74) is 10.9. The van der Waals surface area contributed by atoms with Gasteiger partial charge in [0.25, 0.3) is 0 Å². The van der Waals surface area contributed by atoms with E-state index in [0.717, 1.165) is 11.1 Å². The summed E-state index contributed by atoms with van der Waals surface area (Å²) in [4.78, 5) is 15.2. The summed E-state index contributed by atoms with van der Waals surface area (Å²) in [5, 5.41) is 3.77. The molecule has 0 aromatic heterocycles. The summed E-state index contributed by atoms with van der Waals surface area (Å²) in [6, 6.07) is 19.4. The van der Waals surface area contributed by atoms with E-state index in [2.05, 4.69) is 10.0 Å². The van der Waals surface area contributed by atoms with Gasteiger partial charge in [-0.15, -0.1) is 0 Å². The van der Waals surface area contributed by atoms with E-state index in [1.54, 1.807) is 48.5 Å². The van der Waals surface area contributed by atoms with Crippen LogP contribution >= 0.6 is 11.6 Å². The number of rotatable bonds is 7. The highest BCUT2D eigenvalue weighted by Gasteiger charge is 2.15. The number of hydrogen-bond acceptors (Lipinski definition) is 4. The lowest BCUT2D eigenvalue weighted by Crippen LogP contribution is -2.01. The summed E-state index contributed by atoms with van der Waals surface area (Å²) >= 11 is 6.47. The van der Waals surface area contributed by atoms with Crippen LogP contribution in [-0.2, 0) is 0 Å². The van der Waals surface area contributed by atoms with Crippen LogP contribution in [0.25, 0.3) is 21.6 Å². The zero-order valence-electron chi connectivity index (χ0n) is 15.0. The van der Waals surface area contributed by atoms with Gasteiger partial charge >= 0.3 is 0 Å². The topological polar surface area (TPSA) is 84.3 Å². The number of carbonyl (C=O) groups is 1. The third-order valence-corrected chi connectivity index (χ3v) is 4.40. The standard InChI is InChI=1S/C21H16ClN3O3/c1-27-20-12-16(28-13-24-25-23)8-10-18(20)17-9-7-15(11-19(17)22)21(26)14-5-3-2-4-6-14/h2-12H,13H2,1H3. The zero-order valence-corrected chi connectivity index (χ0v) is 15.8. The smallest absolute Gasteiger partial charge is 0.193 e. The second-order valence-corrected chi connectivity index (χ2v) is 6.16. The van der Waals surface area contributed by atoms with Gasteiger partial charge in [-0.05, 0) is 23.7 Å². The van der Waals surface area contributed by atoms with Gasteiger partial charge in [0, 0.05) is 38.3 Å². The maximum atomic E-state index is 12.6. The molecule has 0 spiro atoms. The van der Waals surface area contributed by atoms with Crippen molar-refractivity contribution in [1.29, 1.82) is 0 Å². The number of nitrogens with zero attached hydrogens (tertiary/aromatic N) is 3. The summed E-state index contributed by atoms with van der Waals surface area (Å²) in [6.45, 7) is -0.115. The minimum Gasteiger partial charge on any atom is -0.496 e. The van der Waals surface area contributed by atoms with E-state index in [0.29, 0.717) is 27.6 Å². The molecule has 28 heavy (non-hydrogen) atoms. The van der Waals surface area contributed by atoms with Crippen molar-refractivity contribution in [2.24, 2.45) is 5.11 Å². The lowest BCUT2D eigenvalue weighted by atomic mass is 9.98. The monoisotopic (exact) mass is 393 g/mol. The quantitative estimate of drug-likeness (QED) is 0.217. The molecule has 3 aromatic carbocycles. The van der Waals surface area contributed by atoms with Crippen molar-refractivity contribution in [1.82, 2.24) is 0 Å². The van der Waals surface area contributed by atoms with Gasteiger partial charge in [0.05, 0.1) is 7.11 Å². The Labute approximate surface area is 166 Å². The Morgan fingerprint density at radius 2 is 1.79 bits per heavy atom. The predicted molar refractivity (Wildman–Crippen MR) is 108 cm³/mol. The minimum atomic E-state index is -0.115. The van der Waals surface area contributed by atoms with Crippen LogP contribution in [0.1, 0.15) is 15.9 Å². The number of azide groups is 1. The summed E-state index contributed by atoms with van der Waals surface area (Å²) in [6.07, 6.45) is 0. The normalized spacial score (nSPS) is 10.1. The van der Waals surface area contributed by atoms with E-state index in [1.165, 1.54) is 7.11 Å². The lowest BCUT2D eigenvalue weighted by Gasteiger charge is -2.13. The fourth-order valence-electron chi connectivity index (χ4n) is 2.74. The number of benzene rings is 3. The first-order valence-corrected chi connectivity index (χ1v) is 8.73. The summed E-state index contributed by atoms with van der Waals surface area (Å²) in [5.74, 6) is 0.949. The molecule has 7 heteroatoms. The molecule has 0 saturated heterocycles. The Morgan fingerprint density at radius 3 is 2.46 bits per heavy atom. The van der Waals surface area contributed by atoms with Crippen molar-refractivity contribution < 1.29 is 14.3 Å². The number of ketones is 1. The van der Waals surface area contributed by atoms with Crippen LogP contribution < -0.4 is 9.47 Å². The molecular formula is C21H16ClN3O3. The van der Waals surface area contributed by atoms with Crippen LogP contribution in [0, 0.1) is 0 Å². The summed E-state index contributed by atoms with van der Waals surface area (Å²) in [7, 11) is 1.54. The third-order valence-electron chi connectivity index (χ3n) is 4.08. The van der Waals surface area contributed by atoms with E-state index in [9.17, 15) is 4.79 Å². The third kappa shape index (κ3) is 4.26. The van der Waals surface area contributed by atoms with Crippen molar-refractivity contribution in [2.75, 3.05) is 13.8 Å². The van der Waals surface area contributed by atoms with E-state index in [4.69, 9.17) is 26.6 Å². The Bertz CT molecular complexity index is 1050. The SMILES string of the molecule is COc1cc(OCN=[N+]=[N-])ccc1-c1ccc(C(=O)c2ccccc2)cc1Cl. The van der Waals surface area contributed by atoms with E-state index < -0.39 is 0 Å². The molecule has 0 saturated carbocycles. The fourth-order valence-corrected chi connectivity index (χ4v) is 3.03. The Kier molecular flexibility index (Phi) is 6.17. The molecule has 0 N–H and O–H groups in total. The van der Waals surface area contributed by atoms with Gasteiger partial charge in [0.2, 0.25) is 0 Å². The molecule has 0 bridgehead atoms. The highest BCUT2D eigenvalue weighted by Crippen LogP contribution is 2.37. The fraction of sp³-hybridized carbons (Fsp3) is 0.0952. The molecule has 0 heterocycles. The van der Waals surface area contributed by atoms with Gasteiger partial charge in [0.1, 0.15) is 11.5 Å². The van der Waals surface area contributed by atoms with Crippen molar-refractivity contribution in [3.8, 4) is 22.6 Å². The van der Waals surface area contributed by atoms with Crippen LogP contribution in [0.2, 0.25) is 5.02 Å². The molecule has 3 rings (SSSR count). The molecule has 3 aromatic rings.